The minimum atomic E-state index is -1.03. The van der Waals surface area contributed by atoms with E-state index in [0.717, 1.165) is 53.2 Å². The molecule has 2 N–H and O–H groups in total. The number of Topliss-reactive ketones (excluding diaryl/α,β-unsaturated/α-hetero) is 1. The van der Waals surface area contributed by atoms with E-state index >= 15 is 0 Å². The molecule has 11 nitrogen and oxygen atoms in total. The molecule has 2 fully saturated rings. The number of methoxy groups -OCH3 is 1. The van der Waals surface area contributed by atoms with E-state index in [1.165, 1.54) is 0 Å². The van der Waals surface area contributed by atoms with Crippen LogP contribution in [0.15, 0.2) is 48.1 Å². The number of nitrogens with one attached hydrogen (secondary N) is 2. The number of aromatic nitrogens is 4. The molecule has 43 heavy (non-hydrogen) atoms. The molecule has 1 amide bonds. The van der Waals surface area contributed by atoms with E-state index in [0.29, 0.717) is 37.6 Å². The molecule has 2 aliphatic rings. The molecule has 0 spiro atoms. The Morgan fingerprint density at radius 1 is 1.16 bits per heavy atom. The van der Waals surface area contributed by atoms with Gasteiger partial charge in [-0.05, 0) is 57.4 Å². The second-order valence-corrected chi connectivity index (χ2v) is 12.4. The van der Waals surface area contributed by atoms with Crippen LogP contribution in [0.5, 0.6) is 5.88 Å². The van der Waals surface area contributed by atoms with Crippen LogP contribution in [0.25, 0.3) is 22.2 Å². The minimum Gasteiger partial charge on any atom is -0.475 e. The lowest BCUT2D eigenvalue weighted by Crippen LogP contribution is -2.48. The van der Waals surface area contributed by atoms with Gasteiger partial charge in [0.2, 0.25) is 5.88 Å². The second kappa shape index (κ2) is 12.4. The van der Waals surface area contributed by atoms with Gasteiger partial charge in [-0.15, -0.1) is 11.3 Å². The number of benzene rings is 1. The lowest BCUT2D eigenvalue weighted by atomic mass is 9.92. The van der Waals surface area contributed by atoms with Crippen LogP contribution in [0.1, 0.15) is 33.1 Å². The highest BCUT2D eigenvalue weighted by atomic mass is 32.1. The number of hydrogen-bond acceptors (Lipinski definition) is 10. The predicted octanol–water partition coefficient (Wildman–Crippen LogP) is 4.38. The van der Waals surface area contributed by atoms with Gasteiger partial charge in [0.25, 0.3) is 5.91 Å². The Morgan fingerprint density at radius 3 is 2.70 bits per heavy atom. The zero-order valence-corrected chi connectivity index (χ0v) is 25.5. The number of ketones is 1. The molecule has 0 aliphatic carbocycles. The number of H-pyrrole nitrogens is 1. The van der Waals surface area contributed by atoms with Crippen molar-refractivity contribution in [3.63, 3.8) is 0 Å². The molecular formula is C31H37N7O4S. The van der Waals surface area contributed by atoms with Crippen LogP contribution in [0.2, 0.25) is 0 Å². The predicted molar refractivity (Wildman–Crippen MR) is 167 cm³/mol. The fourth-order valence-corrected chi connectivity index (χ4v) is 6.64. The van der Waals surface area contributed by atoms with Crippen LogP contribution in [0.4, 0.5) is 10.8 Å². The van der Waals surface area contributed by atoms with Crippen LogP contribution >= 0.6 is 11.3 Å². The number of fused-ring (bicyclic) bond motifs is 1. The highest BCUT2D eigenvalue weighted by Crippen LogP contribution is 2.32. The molecule has 0 saturated carbocycles. The maximum atomic E-state index is 13.6. The molecule has 0 bridgehead atoms. The first-order chi connectivity index (χ1) is 20.8. The highest BCUT2D eigenvalue weighted by Gasteiger charge is 2.45. The van der Waals surface area contributed by atoms with Crippen molar-refractivity contribution in [3.8, 4) is 17.1 Å². The monoisotopic (exact) mass is 603 g/mol. The van der Waals surface area contributed by atoms with E-state index in [2.05, 4.69) is 35.3 Å². The van der Waals surface area contributed by atoms with Crippen LogP contribution < -0.4 is 15.0 Å². The number of aromatic amines is 1. The maximum Gasteiger partial charge on any atom is 0.258 e. The van der Waals surface area contributed by atoms with Crippen LogP contribution in [0.3, 0.4) is 0 Å². The fourth-order valence-electron chi connectivity index (χ4n) is 5.94. The topological polar surface area (TPSA) is 126 Å². The first-order valence-electron chi connectivity index (χ1n) is 14.7. The van der Waals surface area contributed by atoms with E-state index < -0.39 is 5.60 Å². The summed E-state index contributed by atoms with van der Waals surface area (Å²) in [4.78, 5) is 39.9. The SMILES string of the molecule is CO[C@@]1(C(=O)Nc2ccc3[nH]nc(-c4ccc(OC(C)C)nc4)c3c2)CCN(CC(=O)C2CCN(c3nccs3)CC2)C1. The Morgan fingerprint density at radius 2 is 2.00 bits per heavy atom. The number of carbonyl (C=O) groups excluding carboxylic acids is 2. The first-order valence-corrected chi connectivity index (χ1v) is 15.6. The van der Waals surface area contributed by atoms with Gasteiger partial charge in [-0.1, -0.05) is 0 Å². The van der Waals surface area contributed by atoms with Gasteiger partial charge in [-0.2, -0.15) is 5.10 Å². The molecule has 6 rings (SSSR count). The number of nitrogens with zero attached hydrogens (tertiary/aromatic N) is 5. The van der Waals surface area contributed by atoms with Gasteiger partial charge in [0.1, 0.15) is 11.5 Å². The number of ether oxygens (including phenoxy) is 2. The zero-order chi connectivity index (χ0) is 30.0. The molecular weight excluding hydrogens is 566 g/mol. The summed E-state index contributed by atoms with van der Waals surface area (Å²) < 4.78 is 11.5. The van der Waals surface area contributed by atoms with Gasteiger partial charge < -0.3 is 19.7 Å². The third kappa shape index (κ3) is 6.27. The van der Waals surface area contributed by atoms with Crippen molar-refractivity contribution in [1.29, 1.82) is 0 Å². The van der Waals surface area contributed by atoms with E-state index in [9.17, 15) is 9.59 Å². The summed E-state index contributed by atoms with van der Waals surface area (Å²) in [5.74, 6) is 0.610. The number of pyridine rings is 1. The van der Waals surface area contributed by atoms with E-state index in [1.807, 2.05) is 55.8 Å². The van der Waals surface area contributed by atoms with Crippen LogP contribution in [-0.2, 0) is 14.3 Å². The number of amides is 1. The molecule has 0 radical (unpaired) electrons. The number of carbonyl (C=O) groups is 2. The van der Waals surface area contributed by atoms with E-state index in [1.54, 1.807) is 24.6 Å². The highest BCUT2D eigenvalue weighted by molar-refractivity contribution is 7.13. The summed E-state index contributed by atoms with van der Waals surface area (Å²) in [7, 11) is 1.57. The Labute approximate surface area is 254 Å². The van der Waals surface area contributed by atoms with Crippen molar-refractivity contribution in [2.24, 2.45) is 5.92 Å². The third-order valence-electron chi connectivity index (χ3n) is 8.32. The second-order valence-electron chi connectivity index (χ2n) is 11.5. The average molecular weight is 604 g/mol. The van der Waals surface area contributed by atoms with Gasteiger partial charge >= 0.3 is 0 Å². The normalized spacial score (nSPS) is 19.8. The Kier molecular flexibility index (Phi) is 8.42. The molecule has 1 atom stereocenters. The molecule has 2 saturated heterocycles. The summed E-state index contributed by atoms with van der Waals surface area (Å²) in [5, 5.41) is 14.5. The van der Waals surface area contributed by atoms with Crippen molar-refractivity contribution in [2.45, 2.75) is 44.8 Å². The quantitative estimate of drug-likeness (QED) is 0.272. The lowest BCUT2D eigenvalue weighted by Gasteiger charge is -2.32. The molecule has 3 aromatic heterocycles. The number of anilines is 2. The Balaban J connectivity index is 1.08. The standard InChI is InChI=1S/C31H37N7O4S/c1-20(2)42-27-7-4-22(17-33-27)28-24-16-23(5-6-25(24)35-36-28)34-29(40)31(41-3)10-14-37(19-31)18-26(39)21-8-12-38(13-9-21)30-32-11-15-43-30/h4-7,11,15-17,20-21H,8-10,12-14,18-19H2,1-3H3,(H,34,40)(H,35,36)/t31-/m0/s1. The Bertz CT molecular complexity index is 1560. The molecule has 2 aliphatic heterocycles. The fraction of sp³-hybridized carbons (Fsp3) is 0.452. The first kappa shape index (κ1) is 29.2. The number of hydrogen-bond donors (Lipinski definition) is 2. The number of likely N-dealkylation sites (tertiary alicyclic amines) is 1. The molecule has 12 heteroatoms. The van der Waals surface area contributed by atoms with Crippen LogP contribution in [-0.4, -0.2) is 88.3 Å². The number of thiazole rings is 1. The molecule has 0 unspecified atom stereocenters. The van der Waals surface area contributed by atoms with Crippen molar-refractivity contribution in [1.82, 2.24) is 25.1 Å². The summed E-state index contributed by atoms with van der Waals surface area (Å²) >= 11 is 1.63. The summed E-state index contributed by atoms with van der Waals surface area (Å²) in [6.45, 7) is 6.92. The lowest BCUT2D eigenvalue weighted by molar-refractivity contribution is -0.137. The van der Waals surface area contributed by atoms with Gasteiger partial charge in [0, 0.05) is 79.7 Å². The molecule has 1 aromatic carbocycles. The molecule has 226 valence electrons. The summed E-state index contributed by atoms with van der Waals surface area (Å²) in [5.41, 5.74) is 2.04. The van der Waals surface area contributed by atoms with Crippen molar-refractivity contribution in [3.05, 3.63) is 48.1 Å². The largest absolute Gasteiger partial charge is 0.475 e. The van der Waals surface area contributed by atoms with Gasteiger partial charge in [-0.3, -0.25) is 19.6 Å². The van der Waals surface area contributed by atoms with E-state index in [4.69, 9.17) is 9.47 Å². The Hall–Kier alpha value is -3.87. The zero-order valence-electron chi connectivity index (χ0n) is 24.7. The maximum absolute atomic E-state index is 13.6. The summed E-state index contributed by atoms with van der Waals surface area (Å²) in [6, 6.07) is 9.39. The van der Waals surface area contributed by atoms with Gasteiger partial charge in [0.15, 0.2) is 10.7 Å². The number of rotatable bonds is 10. The summed E-state index contributed by atoms with van der Waals surface area (Å²) in [6.07, 6.45) is 5.76. The minimum absolute atomic E-state index is 0.0348. The van der Waals surface area contributed by atoms with Gasteiger partial charge in [0.05, 0.1) is 18.2 Å². The van der Waals surface area contributed by atoms with E-state index in [-0.39, 0.29) is 23.7 Å². The molecule has 4 aromatic rings. The van der Waals surface area contributed by atoms with Crippen LogP contribution in [0, 0.1) is 5.92 Å². The van der Waals surface area contributed by atoms with Crippen molar-refractivity contribution >= 4 is 44.7 Å². The smallest absolute Gasteiger partial charge is 0.258 e. The number of piperidine rings is 1. The van der Waals surface area contributed by atoms with Crippen molar-refractivity contribution < 1.29 is 19.1 Å². The average Bonchev–Trinajstić information content (AvgIpc) is 3.78. The molecule has 5 heterocycles. The van der Waals surface area contributed by atoms with Crippen molar-refractivity contribution in [2.75, 3.05) is 50.1 Å². The van der Waals surface area contributed by atoms with Gasteiger partial charge in [-0.25, -0.2) is 9.97 Å². The third-order valence-corrected chi connectivity index (χ3v) is 9.15.